The van der Waals surface area contributed by atoms with Crippen molar-refractivity contribution >= 4 is 23.5 Å². The molecule has 1 spiro atoms. The van der Waals surface area contributed by atoms with E-state index < -0.39 is 17.8 Å². The van der Waals surface area contributed by atoms with E-state index in [0.29, 0.717) is 71.0 Å². The number of aliphatic hydroxyl groups is 1. The molecule has 0 radical (unpaired) electrons. The van der Waals surface area contributed by atoms with Crippen LogP contribution in [0.5, 0.6) is 0 Å². The summed E-state index contributed by atoms with van der Waals surface area (Å²) in [6, 6.07) is 17.0. The second kappa shape index (κ2) is 16.2. The number of carbonyl (C=O) groups excluding carboxylic acids is 3. The minimum atomic E-state index is -0.716. The van der Waals surface area contributed by atoms with Crippen LogP contribution in [0, 0.1) is 5.92 Å². The molecular formula is C35H45N3O9. The molecule has 2 amide bonds. The molecule has 1 unspecified atom stereocenters. The third-order valence-corrected chi connectivity index (χ3v) is 9.13. The van der Waals surface area contributed by atoms with Crippen molar-refractivity contribution in [2.75, 3.05) is 71.4 Å². The zero-order chi connectivity index (χ0) is 33.2. The molecule has 3 aliphatic rings. The van der Waals surface area contributed by atoms with Gasteiger partial charge in [0.05, 0.1) is 45.8 Å². The summed E-state index contributed by atoms with van der Waals surface area (Å²) in [7, 11) is 1.34. The highest BCUT2D eigenvalue weighted by molar-refractivity contribution is 5.95. The maximum Gasteiger partial charge on any atom is 0.337 e. The van der Waals surface area contributed by atoms with Crippen molar-refractivity contribution < 1.29 is 43.2 Å². The first-order valence-corrected chi connectivity index (χ1v) is 16.3. The van der Waals surface area contributed by atoms with Gasteiger partial charge in [-0.25, -0.2) is 4.79 Å². The van der Waals surface area contributed by atoms with Gasteiger partial charge in [0.15, 0.2) is 5.76 Å². The van der Waals surface area contributed by atoms with E-state index in [-0.39, 0.29) is 42.6 Å². The fraction of sp³-hybridized carbons (Fsp3) is 0.514. The molecule has 5 rings (SSSR count). The number of esters is 1. The van der Waals surface area contributed by atoms with E-state index in [2.05, 4.69) is 10.2 Å². The number of methoxy groups -OCH3 is 1. The number of ether oxygens (including phenoxy) is 5. The lowest BCUT2D eigenvalue weighted by molar-refractivity contribution is -0.172. The van der Waals surface area contributed by atoms with Crippen LogP contribution in [0.15, 0.2) is 66.4 Å². The van der Waals surface area contributed by atoms with Crippen LogP contribution in [0.4, 0.5) is 5.69 Å². The fourth-order valence-electron chi connectivity index (χ4n) is 6.64. The molecule has 0 bridgehead atoms. The number of allylic oxidation sites excluding steroid dienone is 1. The van der Waals surface area contributed by atoms with Crippen LogP contribution >= 0.6 is 0 Å². The van der Waals surface area contributed by atoms with Crippen molar-refractivity contribution in [3.63, 3.8) is 0 Å². The highest BCUT2D eigenvalue weighted by Gasteiger charge is 2.51. The number of anilines is 1. The van der Waals surface area contributed by atoms with Gasteiger partial charge >= 0.3 is 5.97 Å². The summed E-state index contributed by atoms with van der Waals surface area (Å²) >= 11 is 0. The van der Waals surface area contributed by atoms with Crippen LogP contribution in [0.25, 0.3) is 0 Å². The standard InChI is InChI=1S/C35H45N3O9/c1-3-46-33-28(13-19-44-21-22-45-20-18-39)29(25-9-11-26(12-10-25)32(41)43-2)23-30(47-33)31(40)37-16-14-35(15-17-37)34(42)36-24-38(35)27-7-5-4-6-8-27/h4-12,23,28-29,33,39H,3,13-22,24H2,1-2H3,(H,36,42)/t28-,29?,33+/m0/s1. The predicted octanol–water partition coefficient (Wildman–Crippen LogP) is 2.82. The lowest BCUT2D eigenvalue weighted by Crippen LogP contribution is -2.57. The van der Waals surface area contributed by atoms with Gasteiger partial charge in [-0.15, -0.1) is 0 Å². The van der Waals surface area contributed by atoms with Gasteiger partial charge in [0.1, 0.15) is 5.54 Å². The molecule has 0 aliphatic carbocycles. The Hall–Kier alpha value is -3.97. The molecule has 12 nitrogen and oxygen atoms in total. The number of aliphatic hydroxyl groups excluding tert-OH is 1. The third-order valence-electron chi connectivity index (χ3n) is 9.13. The largest absolute Gasteiger partial charge is 0.465 e. The Balaban J connectivity index is 1.34. The predicted molar refractivity (Wildman–Crippen MR) is 172 cm³/mol. The first-order chi connectivity index (χ1) is 22.9. The van der Waals surface area contributed by atoms with Crippen molar-refractivity contribution in [1.29, 1.82) is 0 Å². The smallest absolute Gasteiger partial charge is 0.337 e. The first-order valence-electron chi connectivity index (χ1n) is 16.3. The number of piperidine rings is 1. The molecule has 12 heteroatoms. The minimum absolute atomic E-state index is 0.0153. The lowest BCUT2D eigenvalue weighted by Gasteiger charge is -2.44. The van der Waals surface area contributed by atoms with Crippen molar-refractivity contribution in [2.45, 2.75) is 43.9 Å². The average Bonchev–Trinajstić information content (AvgIpc) is 3.42. The number of amides is 2. The fourth-order valence-corrected chi connectivity index (χ4v) is 6.64. The summed E-state index contributed by atoms with van der Waals surface area (Å²) in [6.45, 7) is 4.84. The number of benzene rings is 2. The van der Waals surface area contributed by atoms with Crippen molar-refractivity contribution in [2.24, 2.45) is 5.92 Å². The molecule has 47 heavy (non-hydrogen) atoms. The van der Waals surface area contributed by atoms with Gasteiger partial charge in [0.25, 0.3) is 5.91 Å². The summed E-state index contributed by atoms with van der Waals surface area (Å²) < 4.78 is 28.4. The molecule has 2 saturated heterocycles. The summed E-state index contributed by atoms with van der Waals surface area (Å²) in [5.41, 5.74) is 1.57. The zero-order valence-corrected chi connectivity index (χ0v) is 27.1. The normalized spacial score (nSPS) is 22.1. The number of nitrogens with zero attached hydrogens (tertiary/aromatic N) is 2. The van der Waals surface area contributed by atoms with E-state index in [0.717, 1.165) is 11.3 Å². The molecular weight excluding hydrogens is 606 g/mol. The topological polar surface area (TPSA) is 136 Å². The van der Waals surface area contributed by atoms with Gasteiger partial charge < -0.3 is 43.9 Å². The Kier molecular flexibility index (Phi) is 11.9. The Labute approximate surface area is 275 Å². The number of hydrogen-bond acceptors (Lipinski definition) is 10. The molecule has 254 valence electrons. The van der Waals surface area contributed by atoms with Crippen LogP contribution in [0.2, 0.25) is 0 Å². The van der Waals surface area contributed by atoms with Gasteiger partial charge in [-0.05, 0) is 62.1 Å². The zero-order valence-electron chi connectivity index (χ0n) is 27.1. The minimum Gasteiger partial charge on any atom is -0.465 e. The van der Waals surface area contributed by atoms with Gasteiger partial charge in [0.2, 0.25) is 12.2 Å². The van der Waals surface area contributed by atoms with Crippen molar-refractivity contribution in [3.05, 3.63) is 77.6 Å². The number of hydrogen-bond donors (Lipinski definition) is 2. The van der Waals surface area contributed by atoms with Crippen molar-refractivity contribution in [1.82, 2.24) is 10.2 Å². The molecule has 0 aromatic heterocycles. The maximum atomic E-state index is 14.0. The number of nitrogens with one attached hydrogen (secondary N) is 1. The molecule has 3 heterocycles. The van der Waals surface area contributed by atoms with Crippen LogP contribution in [-0.4, -0.2) is 106 Å². The average molecular weight is 652 g/mol. The SMILES string of the molecule is CCO[C@@H]1OC(C(=O)N2CCC3(CC2)C(=O)NCN3c2ccccc2)=CC(c2ccc(C(=O)OC)cc2)[C@@H]1CCOCCOCCO. The molecule has 2 aromatic rings. The first kappa shape index (κ1) is 34.4. The Bertz CT molecular complexity index is 1380. The molecule has 3 atom stereocenters. The molecule has 2 aromatic carbocycles. The summed E-state index contributed by atoms with van der Waals surface area (Å²) in [5.74, 6) is -0.961. The number of carbonyl (C=O) groups is 3. The maximum absolute atomic E-state index is 14.0. The van der Waals surface area contributed by atoms with Crippen LogP contribution in [0.3, 0.4) is 0 Å². The van der Waals surface area contributed by atoms with E-state index >= 15 is 0 Å². The molecule has 2 N–H and O–H groups in total. The molecule has 2 fully saturated rings. The highest BCUT2D eigenvalue weighted by atomic mass is 16.7. The van der Waals surface area contributed by atoms with E-state index in [9.17, 15) is 14.4 Å². The van der Waals surface area contributed by atoms with E-state index in [1.807, 2.05) is 55.5 Å². The van der Waals surface area contributed by atoms with Gasteiger partial charge in [-0.2, -0.15) is 0 Å². The second-order valence-electron chi connectivity index (χ2n) is 11.8. The van der Waals surface area contributed by atoms with Gasteiger partial charge in [-0.3, -0.25) is 9.59 Å². The van der Waals surface area contributed by atoms with Gasteiger partial charge in [0, 0.05) is 43.8 Å². The highest BCUT2D eigenvalue weighted by Crippen LogP contribution is 2.41. The van der Waals surface area contributed by atoms with E-state index in [4.69, 9.17) is 28.8 Å². The Morgan fingerprint density at radius 1 is 1.00 bits per heavy atom. The summed E-state index contributed by atoms with van der Waals surface area (Å²) in [6.07, 6.45) is 2.68. The third kappa shape index (κ3) is 7.78. The van der Waals surface area contributed by atoms with Gasteiger partial charge in [-0.1, -0.05) is 30.3 Å². The lowest BCUT2D eigenvalue weighted by atomic mass is 9.81. The Morgan fingerprint density at radius 2 is 1.70 bits per heavy atom. The quantitative estimate of drug-likeness (QED) is 0.232. The van der Waals surface area contributed by atoms with E-state index in [1.54, 1.807) is 17.0 Å². The number of para-hydroxylation sites is 1. The number of rotatable bonds is 14. The van der Waals surface area contributed by atoms with E-state index in [1.165, 1.54) is 7.11 Å². The number of likely N-dealkylation sites (tertiary alicyclic amines) is 1. The Morgan fingerprint density at radius 3 is 2.36 bits per heavy atom. The summed E-state index contributed by atoms with van der Waals surface area (Å²) in [4.78, 5) is 43.2. The molecule has 0 saturated carbocycles. The second-order valence-corrected chi connectivity index (χ2v) is 11.8. The monoisotopic (exact) mass is 651 g/mol. The van der Waals surface area contributed by atoms with Crippen molar-refractivity contribution in [3.8, 4) is 0 Å². The molecule has 3 aliphatic heterocycles. The summed E-state index contributed by atoms with van der Waals surface area (Å²) in [5, 5.41) is 11.9. The van der Waals surface area contributed by atoms with Crippen LogP contribution in [-0.2, 0) is 33.3 Å². The van der Waals surface area contributed by atoms with Crippen LogP contribution < -0.4 is 10.2 Å². The van der Waals surface area contributed by atoms with Crippen LogP contribution in [0.1, 0.15) is 48.0 Å².